The Labute approximate surface area is 255 Å². The maximum absolute atomic E-state index is 13.8. The Bertz CT molecular complexity index is 1800. The molecular weight excluding hydrogens is 558 g/mol. The van der Waals surface area contributed by atoms with E-state index in [0.717, 1.165) is 51.1 Å². The summed E-state index contributed by atoms with van der Waals surface area (Å²) in [5.74, 6) is -0.661. The molecular formula is C37H30ClNO4. The van der Waals surface area contributed by atoms with Gasteiger partial charge in [0.1, 0.15) is 5.75 Å². The van der Waals surface area contributed by atoms with Gasteiger partial charge < -0.3 is 15.2 Å². The number of hydrogen-bond donors (Lipinski definition) is 2. The lowest BCUT2D eigenvalue weighted by Gasteiger charge is -2.19. The second-order valence-corrected chi connectivity index (χ2v) is 11.3. The number of carbonyl (C=O) groups excluding carboxylic acids is 1. The van der Waals surface area contributed by atoms with Gasteiger partial charge in [0.25, 0.3) is 0 Å². The van der Waals surface area contributed by atoms with Gasteiger partial charge in [0.15, 0.2) is 0 Å². The average molecular weight is 588 g/mol. The zero-order valence-corrected chi connectivity index (χ0v) is 24.4. The van der Waals surface area contributed by atoms with E-state index >= 15 is 0 Å². The molecule has 1 unspecified atom stereocenters. The normalized spacial score (nSPS) is 12.7. The highest BCUT2D eigenvalue weighted by Crippen LogP contribution is 2.32. The Hall–Kier alpha value is -4.87. The van der Waals surface area contributed by atoms with Crippen molar-refractivity contribution >= 4 is 29.2 Å². The Morgan fingerprint density at radius 2 is 1.53 bits per heavy atom. The summed E-state index contributed by atoms with van der Waals surface area (Å²) in [5.41, 5.74) is 9.25. The second-order valence-electron chi connectivity index (χ2n) is 10.8. The van der Waals surface area contributed by atoms with E-state index in [9.17, 15) is 14.7 Å². The van der Waals surface area contributed by atoms with Gasteiger partial charge in [0.2, 0.25) is 5.91 Å². The largest absolute Gasteiger partial charge is 0.493 e. The Kier molecular flexibility index (Phi) is 7.99. The van der Waals surface area contributed by atoms with E-state index in [-0.39, 0.29) is 11.5 Å². The summed E-state index contributed by atoms with van der Waals surface area (Å²) in [7, 11) is 0. The Balaban J connectivity index is 1.25. The van der Waals surface area contributed by atoms with Crippen LogP contribution in [0, 0.1) is 6.92 Å². The third-order valence-electron chi connectivity index (χ3n) is 7.94. The summed E-state index contributed by atoms with van der Waals surface area (Å²) >= 11 is 6.13. The predicted octanol–water partition coefficient (Wildman–Crippen LogP) is 8.58. The van der Waals surface area contributed by atoms with Crippen LogP contribution in [0.2, 0.25) is 5.02 Å². The lowest BCUT2D eigenvalue weighted by Crippen LogP contribution is -2.23. The zero-order valence-electron chi connectivity index (χ0n) is 23.6. The second kappa shape index (κ2) is 12.2. The number of carboxylic acids is 1. The number of amides is 1. The van der Waals surface area contributed by atoms with Gasteiger partial charge in [-0.05, 0) is 106 Å². The number of hydrogen-bond acceptors (Lipinski definition) is 3. The van der Waals surface area contributed by atoms with E-state index in [4.69, 9.17) is 16.3 Å². The van der Waals surface area contributed by atoms with Gasteiger partial charge in [-0.25, -0.2) is 4.79 Å². The molecule has 0 aromatic heterocycles. The molecule has 1 atom stereocenters. The number of aryl methyl sites for hydroxylation is 1. The molecule has 0 saturated carbocycles. The highest BCUT2D eigenvalue weighted by molar-refractivity contribution is 6.30. The van der Waals surface area contributed by atoms with Crippen LogP contribution < -0.4 is 10.1 Å². The highest BCUT2D eigenvalue weighted by atomic mass is 35.5. The molecule has 0 spiro atoms. The number of carbonyl (C=O) groups is 2. The lowest BCUT2D eigenvalue weighted by molar-refractivity contribution is -0.117. The van der Waals surface area contributed by atoms with Crippen molar-refractivity contribution in [2.75, 3.05) is 11.9 Å². The fourth-order valence-corrected chi connectivity index (χ4v) is 5.80. The van der Waals surface area contributed by atoms with E-state index in [0.29, 0.717) is 23.7 Å². The molecule has 0 fully saturated rings. The zero-order chi connectivity index (χ0) is 29.9. The summed E-state index contributed by atoms with van der Waals surface area (Å²) < 4.78 is 5.65. The first-order chi connectivity index (χ1) is 20.8. The average Bonchev–Trinajstić information content (AvgIpc) is 3.49. The topological polar surface area (TPSA) is 75.6 Å². The van der Waals surface area contributed by atoms with Crippen LogP contribution in [0.4, 0.5) is 5.69 Å². The van der Waals surface area contributed by atoms with Crippen molar-refractivity contribution in [3.05, 3.63) is 142 Å². The quantitative estimate of drug-likeness (QED) is 0.191. The minimum Gasteiger partial charge on any atom is -0.493 e. The molecule has 6 heteroatoms. The first-order valence-corrected chi connectivity index (χ1v) is 14.6. The summed E-state index contributed by atoms with van der Waals surface area (Å²) in [4.78, 5) is 25.1. The minimum absolute atomic E-state index is 0.139. The van der Waals surface area contributed by atoms with Crippen LogP contribution in [0.1, 0.15) is 38.5 Å². The fourth-order valence-electron chi connectivity index (χ4n) is 5.57. The third-order valence-corrected chi connectivity index (χ3v) is 8.18. The van der Waals surface area contributed by atoms with Crippen molar-refractivity contribution in [1.29, 1.82) is 0 Å². The highest BCUT2D eigenvalue weighted by Gasteiger charge is 2.22. The van der Waals surface area contributed by atoms with Gasteiger partial charge in [-0.1, -0.05) is 72.3 Å². The van der Waals surface area contributed by atoms with Crippen LogP contribution >= 0.6 is 11.6 Å². The molecule has 5 aromatic rings. The van der Waals surface area contributed by atoms with Gasteiger partial charge in [-0.2, -0.15) is 0 Å². The van der Waals surface area contributed by atoms with Gasteiger partial charge in [-0.3, -0.25) is 4.79 Å². The number of fused-ring (bicyclic) bond motifs is 1. The van der Waals surface area contributed by atoms with Crippen molar-refractivity contribution in [3.8, 4) is 28.0 Å². The van der Waals surface area contributed by atoms with Gasteiger partial charge in [0, 0.05) is 17.1 Å². The molecule has 5 aromatic carbocycles. The van der Waals surface area contributed by atoms with E-state index in [1.807, 2.05) is 79.7 Å². The number of benzene rings is 5. The standard InChI is InChI=1S/C37H30ClNO4/c1-23-20-31(38)13-16-33(23)26-10-14-32(15-11-26)39-36(40)34(21-24-2-4-28(5-3-24)37(41)42)27-8-6-25(7-9-27)29-12-17-35-30(22-29)18-19-43-35/h2-17,20,22,34H,18-19,21H2,1H3,(H,39,40)(H,41,42). The SMILES string of the molecule is Cc1cc(Cl)ccc1-c1ccc(NC(=O)C(Cc2ccc(C(=O)O)cc2)c2ccc(-c3ccc4c(c3)CCO4)cc2)cc1. The number of rotatable bonds is 8. The minimum atomic E-state index is -0.980. The molecule has 43 heavy (non-hydrogen) atoms. The van der Waals surface area contributed by atoms with Crippen molar-refractivity contribution < 1.29 is 19.4 Å². The predicted molar refractivity (Wildman–Crippen MR) is 171 cm³/mol. The summed E-state index contributed by atoms with van der Waals surface area (Å²) in [6, 6.07) is 34.6. The molecule has 0 saturated heterocycles. The molecule has 1 aliphatic heterocycles. The molecule has 214 valence electrons. The van der Waals surface area contributed by atoms with Crippen LogP contribution in [0.25, 0.3) is 22.3 Å². The third kappa shape index (κ3) is 6.32. The molecule has 0 bridgehead atoms. The van der Waals surface area contributed by atoms with Crippen molar-refractivity contribution in [2.24, 2.45) is 0 Å². The number of carboxylic acid groups (broad SMARTS) is 1. The number of anilines is 1. The first-order valence-electron chi connectivity index (χ1n) is 14.2. The van der Waals surface area contributed by atoms with Crippen LogP contribution in [0.5, 0.6) is 5.75 Å². The monoisotopic (exact) mass is 587 g/mol. The number of aromatic carboxylic acids is 1. The first kappa shape index (κ1) is 28.3. The fraction of sp³-hybridized carbons (Fsp3) is 0.135. The van der Waals surface area contributed by atoms with Crippen LogP contribution in [-0.2, 0) is 17.6 Å². The van der Waals surface area contributed by atoms with E-state index < -0.39 is 11.9 Å². The molecule has 0 aliphatic carbocycles. The van der Waals surface area contributed by atoms with Crippen LogP contribution in [0.3, 0.4) is 0 Å². The Morgan fingerprint density at radius 3 is 2.23 bits per heavy atom. The van der Waals surface area contributed by atoms with Gasteiger partial charge >= 0.3 is 5.97 Å². The molecule has 0 radical (unpaired) electrons. The number of halogens is 1. The van der Waals surface area contributed by atoms with E-state index in [1.165, 1.54) is 5.56 Å². The lowest BCUT2D eigenvalue weighted by atomic mass is 9.89. The number of nitrogens with one attached hydrogen (secondary N) is 1. The number of ether oxygens (including phenoxy) is 1. The maximum Gasteiger partial charge on any atom is 0.335 e. The van der Waals surface area contributed by atoms with Crippen molar-refractivity contribution in [2.45, 2.75) is 25.7 Å². The molecule has 2 N–H and O–H groups in total. The van der Waals surface area contributed by atoms with Gasteiger partial charge in [-0.15, -0.1) is 0 Å². The van der Waals surface area contributed by atoms with Crippen LogP contribution in [0.15, 0.2) is 109 Å². The van der Waals surface area contributed by atoms with Crippen LogP contribution in [-0.4, -0.2) is 23.6 Å². The molecule has 1 heterocycles. The maximum atomic E-state index is 13.8. The molecule has 1 amide bonds. The Morgan fingerprint density at radius 1 is 0.837 bits per heavy atom. The molecule has 6 rings (SSSR count). The summed E-state index contributed by atoms with van der Waals surface area (Å²) in [5, 5.41) is 13.1. The molecule has 5 nitrogen and oxygen atoms in total. The van der Waals surface area contributed by atoms with E-state index in [1.54, 1.807) is 24.3 Å². The summed E-state index contributed by atoms with van der Waals surface area (Å²) in [6.07, 6.45) is 1.33. The molecule has 1 aliphatic rings. The van der Waals surface area contributed by atoms with Gasteiger partial charge in [0.05, 0.1) is 18.1 Å². The van der Waals surface area contributed by atoms with Crippen molar-refractivity contribution in [3.63, 3.8) is 0 Å². The van der Waals surface area contributed by atoms with E-state index in [2.05, 4.69) is 17.4 Å². The summed E-state index contributed by atoms with van der Waals surface area (Å²) in [6.45, 7) is 2.74. The smallest absolute Gasteiger partial charge is 0.335 e. The van der Waals surface area contributed by atoms with Crippen molar-refractivity contribution in [1.82, 2.24) is 0 Å².